The molecule has 1 N–H and O–H groups in total. The van der Waals surface area contributed by atoms with E-state index < -0.39 is 0 Å². The van der Waals surface area contributed by atoms with E-state index >= 15 is 0 Å². The van der Waals surface area contributed by atoms with Crippen molar-refractivity contribution in [3.8, 4) is 5.69 Å². The highest BCUT2D eigenvalue weighted by molar-refractivity contribution is 7.99. The van der Waals surface area contributed by atoms with Crippen LogP contribution in [0, 0.1) is 0 Å². The molecule has 146 valence electrons. The Morgan fingerprint density at radius 3 is 2.45 bits per heavy atom. The van der Waals surface area contributed by atoms with Crippen molar-refractivity contribution in [3.05, 3.63) is 105 Å². The van der Waals surface area contributed by atoms with Gasteiger partial charge in [0.2, 0.25) is 0 Å². The number of rotatable bonds is 6. The lowest BCUT2D eigenvalue weighted by Gasteiger charge is -2.14. The Balaban J connectivity index is 1.78. The molecule has 0 spiro atoms. The Labute approximate surface area is 178 Å². The highest BCUT2D eigenvalue weighted by Gasteiger charge is 2.12. The number of fused-ring (bicyclic) bond motifs is 1. The molecule has 3 nitrogen and oxygen atoms in total. The van der Waals surface area contributed by atoms with Gasteiger partial charge < -0.3 is 9.67 Å². The van der Waals surface area contributed by atoms with Gasteiger partial charge in [-0.05, 0) is 48.0 Å². The number of nitrogens with zero attached hydrogens (tertiary/aromatic N) is 1. The maximum absolute atomic E-state index is 13.1. The lowest BCUT2D eigenvalue weighted by molar-refractivity contribution is 0.322. The number of pyridine rings is 1. The highest BCUT2D eigenvalue weighted by Crippen LogP contribution is 2.23. The number of hydrogen-bond acceptors (Lipinski definition) is 3. The molecule has 0 amide bonds. The molecular formula is C24H20ClNO2S. The standard InChI is InChI=1S/C24H20ClNO2S/c25-19-8-11-22-23(15-19)26(20-4-2-1-3-5-20)16-18(24(22)28)14-17-6-9-21(10-7-17)29-13-12-27/h1-11,15-16,27H,12-14H2. The van der Waals surface area contributed by atoms with E-state index in [-0.39, 0.29) is 12.0 Å². The fraction of sp³-hybridized carbons (Fsp3) is 0.125. The molecule has 1 heterocycles. The second-order valence-electron chi connectivity index (χ2n) is 6.74. The molecule has 0 saturated carbocycles. The van der Waals surface area contributed by atoms with Crippen LogP contribution in [0.2, 0.25) is 5.02 Å². The molecule has 0 aliphatic heterocycles. The van der Waals surface area contributed by atoms with Crippen LogP contribution in [0.4, 0.5) is 0 Å². The summed E-state index contributed by atoms with van der Waals surface area (Å²) in [6.45, 7) is 0.159. The molecule has 0 saturated heterocycles. The summed E-state index contributed by atoms with van der Waals surface area (Å²) in [5.74, 6) is 0.675. The summed E-state index contributed by atoms with van der Waals surface area (Å²) in [4.78, 5) is 14.3. The lowest BCUT2D eigenvalue weighted by Crippen LogP contribution is -2.14. The quantitative estimate of drug-likeness (QED) is 0.428. The third-order valence-corrected chi connectivity index (χ3v) is 5.98. The van der Waals surface area contributed by atoms with Crippen LogP contribution in [-0.2, 0) is 6.42 Å². The maximum Gasteiger partial charge on any atom is 0.192 e. The van der Waals surface area contributed by atoms with Gasteiger partial charge in [0, 0.05) is 44.9 Å². The van der Waals surface area contributed by atoms with E-state index in [1.165, 1.54) is 0 Å². The number of aliphatic hydroxyl groups is 1. The smallest absolute Gasteiger partial charge is 0.192 e. The molecule has 1 aromatic heterocycles. The van der Waals surface area contributed by atoms with Crippen molar-refractivity contribution >= 4 is 34.3 Å². The van der Waals surface area contributed by atoms with Crippen molar-refractivity contribution in [1.29, 1.82) is 0 Å². The number of benzene rings is 3. The zero-order valence-corrected chi connectivity index (χ0v) is 17.3. The van der Waals surface area contributed by atoms with E-state index in [2.05, 4.69) is 0 Å². The third-order valence-electron chi connectivity index (χ3n) is 4.75. The number of aromatic nitrogens is 1. The van der Waals surface area contributed by atoms with Gasteiger partial charge in [0.15, 0.2) is 5.43 Å². The number of aliphatic hydroxyl groups excluding tert-OH is 1. The van der Waals surface area contributed by atoms with E-state index in [0.717, 1.165) is 27.2 Å². The van der Waals surface area contributed by atoms with Crippen LogP contribution in [-0.4, -0.2) is 22.0 Å². The van der Waals surface area contributed by atoms with Crippen LogP contribution in [0.3, 0.4) is 0 Å². The molecule has 3 aromatic carbocycles. The fourth-order valence-corrected chi connectivity index (χ4v) is 4.19. The number of hydrogen-bond donors (Lipinski definition) is 1. The van der Waals surface area contributed by atoms with E-state index in [1.807, 2.05) is 71.4 Å². The van der Waals surface area contributed by atoms with Gasteiger partial charge in [-0.2, -0.15) is 0 Å². The van der Waals surface area contributed by atoms with Crippen LogP contribution >= 0.6 is 23.4 Å². The van der Waals surface area contributed by atoms with Gasteiger partial charge >= 0.3 is 0 Å². The molecular weight excluding hydrogens is 402 g/mol. The summed E-state index contributed by atoms with van der Waals surface area (Å²) in [6.07, 6.45) is 2.47. The fourth-order valence-electron chi connectivity index (χ4n) is 3.37. The average molecular weight is 422 g/mol. The largest absolute Gasteiger partial charge is 0.396 e. The zero-order chi connectivity index (χ0) is 20.2. The summed E-state index contributed by atoms with van der Waals surface area (Å²) in [6, 6.07) is 23.5. The summed E-state index contributed by atoms with van der Waals surface area (Å²) in [5, 5.41) is 10.2. The van der Waals surface area contributed by atoms with Gasteiger partial charge in [-0.1, -0.05) is 41.9 Å². The van der Waals surface area contributed by atoms with Crippen molar-refractivity contribution in [2.45, 2.75) is 11.3 Å². The first-order chi connectivity index (χ1) is 14.2. The number of halogens is 1. The van der Waals surface area contributed by atoms with Crippen LogP contribution in [0.25, 0.3) is 16.6 Å². The van der Waals surface area contributed by atoms with Crippen LogP contribution < -0.4 is 5.43 Å². The normalized spacial score (nSPS) is 11.1. The zero-order valence-electron chi connectivity index (χ0n) is 15.7. The van der Waals surface area contributed by atoms with E-state index in [1.54, 1.807) is 23.9 Å². The van der Waals surface area contributed by atoms with Crippen molar-refractivity contribution in [3.63, 3.8) is 0 Å². The predicted octanol–water partition coefficient (Wildman–Crippen LogP) is 5.32. The van der Waals surface area contributed by atoms with Crippen molar-refractivity contribution in [2.75, 3.05) is 12.4 Å². The van der Waals surface area contributed by atoms with E-state index in [4.69, 9.17) is 16.7 Å². The van der Waals surface area contributed by atoms with E-state index in [0.29, 0.717) is 22.6 Å². The minimum Gasteiger partial charge on any atom is -0.396 e. The minimum atomic E-state index is 0.0302. The van der Waals surface area contributed by atoms with Gasteiger partial charge in [0.25, 0.3) is 0 Å². The molecule has 0 radical (unpaired) electrons. The summed E-state index contributed by atoms with van der Waals surface area (Å²) in [5.41, 5.74) is 3.62. The molecule has 0 aliphatic rings. The lowest BCUT2D eigenvalue weighted by atomic mass is 10.0. The number of thioether (sulfide) groups is 1. The first kappa shape index (κ1) is 19.8. The Hall–Kier alpha value is -2.53. The topological polar surface area (TPSA) is 42.2 Å². The minimum absolute atomic E-state index is 0.0302. The second kappa shape index (κ2) is 8.87. The number of para-hydroxylation sites is 1. The van der Waals surface area contributed by atoms with Crippen LogP contribution in [0.15, 0.2) is 88.7 Å². The van der Waals surface area contributed by atoms with Crippen LogP contribution in [0.5, 0.6) is 0 Å². The summed E-state index contributed by atoms with van der Waals surface area (Å²) >= 11 is 7.83. The SMILES string of the molecule is O=c1c(Cc2ccc(SCCO)cc2)cn(-c2ccccc2)c2cc(Cl)ccc12. The Bertz CT molecular complexity index is 1190. The van der Waals surface area contributed by atoms with Crippen molar-refractivity contribution < 1.29 is 5.11 Å². The highest BCUT2D eigenvalue weighted by atomic mass is 35.5. The molecule has 4 aromatic rings. The average Bonchev–Trinajstić information content (AvgIpc) is 2.75. The molecule has 29 heavy (non-hydrogen) atoms. The first-order valence-corrected chi connectivity index (χ1v) is 10.7. The molecule has 0 fully saturated rings. The Kier molecular flexibility index (Phi) is 6.05. The van der Waals surface area contributed by atoms with E-state index in [9.17, 15) is 4.79 Å². The van der Waals surface area contributed by atoms with Crippen molar-refractivity contribution in [1.82, 2.24) is 4.57 Å². The molecule has 0 bridgehead atoms. The second-order valence-corrected chi connectivity index (χ2v) is 8.35. The monoisotopic (exact) mass is 421 g/mol. The summed E-state index contributed by atoms with van der Waals surface area (Å²) in [7, 11) is 0. The molecule has 5 heteroatoms. The van der Waals surface area contributed by atoms with Gasteiger partial charge in [-0.3, -0.25) is 4.79 Å². The first-order valence-electron chi connectivity index (χ1n) is 9.37. The maximum atomic E-state index is 13.1. The van der Waals surface area contributed by atoms with Gasteiger partial charge in [-0.25, -0.2) is 0 Å². The van der Waals surface area contributed by atoms with Crippen LogP contribution in [0.1, 0.15) is 11.1 Å². The Morgan fingerprint density at radius 2 is 1.72 bits per heavy atom. The molecule has 0 unspecified atom stereocenters. The Morgan fingerprint density at radius 1 is 0.966 bits per heavy atom. The molecule has 0 aliphatic carbocycles. The third kappa shape index (κ3) is 4.40. The van der Waals surface area contributed by atoms with Crippen molar-refractivity contribution in [2.24, 2.45) is 0 Å². The predicted molar refractivity (Wildman–Crippen MR) is 122 cm³/mol. The molecule has 4 rings (SSSR count). The summed E-state index contributed by atoms with van der Waals surface area (Å²) < 4.78 is 2.03. The molecule has 0 atom stereocenters. The van der Waals surface area contributed by atoms with Gasteiger partial charge in [-0.15, -0.1) is 11.8 Å². The van der Waals surface area contributed by atoms with Gasteiger partial charge in [0.1, 0.15) is 0 Å². The van der Waals surface area contributed by atoms with Gasteiger partial charge in [0.05, 0.1) is 12.1 Å².